The molecule has 2 aromatic carbocycles. The number of para-hydroxylation sites is 2. The second kappa shape index (κ2) is 8.06. The molecule has 2 aliphatic heterocycles. The highest BCUT2D eigenvalue weighted by atomic mass is 16.5. The molecule has 4 rings (SSSR count). The first-order chi connectivity index (χ1) is 14.5. The fraction of sp³-hybridized carbons (Fsp3) is 0.318. The fourth-order valence-corrected chi connectivity index (χ4v) is 3.85. The predicted octanol–water partition coefficient (Wildman–Crippen LogP) is 1.59. The lowest BCUT2D eigenvalue weighted by Crippen LogP contribution is -2.51. The van der Waals surface area contributed by atoms with Crippen molar-refractivity contribution < 1.29 is 23.9 Å². The van der Waals surface area contributed by atoms with E-state index in [1.54, 1.807) is 59.4 Å². The van der Waals surface area contributed by atoms with E-state index < -0.39 is 12.0 Å². The number of rotatable bonds is 4. The van der Waals surface area contributed by atoms with Gasteiger partial charge in [-0.3, -0.25) is 14.4 Å². The van der Waals surface area contributed by atoms with Crippen molar-refractivity contribution in [3.05, 3.63) is 48.5 Å². The summed E-state index contributed by atoms with van der Waals surface area (Å²) in [6.07, 6.45) is -0.682. The number of fused-ring (bicyclic) bond motifs is 1. The molecule has 1 N–H and O–H groups in total. The number of amides is 3. The maximum absolute atomic E-state index is 13.4. The van der Waals surface area contributed by atoms with Gasteiger partial charge >= 0.3 is 0 Å². The molecule has 1 saturated heterocycles. The van der Waals surface area contributed by atoms with E-state index in [1.807, 2.05) is 6.07 Å². The lowest BCUT2D eigenvalue weighted by atomic mass is 10.0. The highest BCUT2D eigenvalue weighted by molar-refractivity contribution is 6.05. The van der Waals surface area contributed by atoms with Crippen LogP contribution in [0, 0.1) is 5.92 Å². The van der Waals surface area contributed by atoms with E-state index in [2.05, 4.69) is 5.32 Å². The van der Waals surface area contributed by atoms with E-state index >= 15 is 0 Å². The molecule has 0 saturated carbocycles. The summed E-state index contributed by atoms with van der Waals surface area (Å²) in [7, 11) is 3.11. The quantitative estimate of drug-likeness (QED) is 0.829. The van der Waals surface area contributed by atoms with Gasteiger partial charge in [-0.2, -0.15) is 0 Å². The monoisotopic (exact) mass is 409 g/mol. The standard InChI is InChI=1S/C22H23N3O5/c1-23-21(27)19-13-25(17-5-3-4-6-18(17)30-19)22(28)14-11-20(26)24(12-14)15-7-9-16(29-2)10-8-15/h3-10,14,19H,11-13H2,1-2H3,(H,23,27). The molecule has 0 aliphatic carbocycles. The summed E-state index contributed by atoms with van der Waals surface area (Å²) in [5, 5.41) is 2.56. The molecule has 0 aromatic heterocycles. The average Bonchev–Trinajstić information content (AvgIpc) is 3.18. The lowest BCUT2D eigenvalue weighted by molar-refractivity contribution is -0.128. The van der Waals surface area contributed by atoms with Crippen molar-refractivity contribution >= 4 is 29.1 Å². The number of hydrogen-bond acceptors (Lipinski definition) is 5. The van der Waals surface area contributed by atoms with Gasteiger partial charge in [-0.05, 0) is 36.4 Å². The Labute approximate surface area is 174 Å². The number of carbonyl (C=O) groups is 3. The van der Waals surface area contributed by atoms with Gasteiger partial charge in [0.05, 0.1) is 25.3 Å². The van der Waals surface area contributed by atoms with Crippen LogP contribution in [0.5, 0.6) is 11.5 Å². The van der Waals surface area contributed by atoms with Crippen molar-refractivity contribution in [1.29, 1.82) is 0 Å². The molecule has 2 atom stereocenters. The topological polar surface area (TPSA) is 88.2 Å². The summed E-state index contributed by atoms with van der Waals surface area (Å²) in [6.45, 7) is 0.386. The molecule has 2 unspecified atom stereocenters. The van der Waals surface area contributed by atoms with Crippen molar-refractivity contribution in [3.8, 4) is 11.5 Å². The van der Waals surface area contributed by atoms with Crippen molar-refractivity contribution in [2.24, 2.45) is 5.92 Å². The number of ether oxygens (including phenoxy) is 2. The fourth-order valence-electron chi connectivity index (χ4n) is 3.85. The number of carbonyl (C=O) groups excluding carboxylic acids is 3. The first kappa shape index (κ1) is 19.8. The van der Waals surface area contributed by atoms with Crippen LogP contribution in [0.25, 0.3) is 0 Å². The number of hydrogen-bond donors (Lipinski definition) is 1. The highest BCUT2D eigenvalue weighted by Crippen LogP contribution is 2.36. The van der Waals surface area contributed by atoms with Gasteiger partial charge in [0.25, 0.3) is 5.91 Å². The number of nitrogens with zero attached hydrogens (tertiary/aromatic N) is 2. The van der Waals surface area contributed by atoms with E-state index in [9.17, 15) is 14.4 Å². The van der Waals surface area contributed by atoms with Gasteiger partial charge in [0, 0.05) is 25.7 Å². The number of anilines is 2. The Morgan fingerprint density at radius 2 is 1.83 bits per heavy atom. The molecule has 30 heavy (non-hydrogen) atoms. The van der Waals surface area contributed by atoms with Gasteiger partial charge in [-0.1, -0.05) is 12.1 Å². The maximum atomic E-state index is 13.4. The minimum Gasteiger partial charge on any atom is -0.497 e. The number of methoxy groups -OCH3 is 1. The molecule has 0 radical (unpaired) electrons. The van der Waals surface area contributed by atoms with Crippen LogP contribution in [0.1, 0.15) is 6.42 Å². The Balaban J connectivity index is 1.56. The zero-order chi connectivity index (χ0) is 21.3. The van der Waals surface area contributed by atoms with Gasteiger partial charge in [0.2, 0.25) is 11.8 Å². The summed E-state index contributed by atoms with van der Waals surface area (Å²) in [6, 6.07) is 14.3. The van der Waals surface area contributed by atoms with Crippen molar-refractivity contribution in [2.45, 2.75) is 12.5 Å². The van der Waals surface area contributed by atoms with Crippen LogP contribution in [-0.4, -0.2) is 51.1 Å². The smallest absolute Gasteiger partial charge is 0.262 e. The van der Waals surface area contributed by atoms with Gasteiger partial charge in [0.15, 0.2) is 6.10 Å². The first-order valence-corrected chi connectivity index (χ1v) is 9.75. The van der Waals surface area contributed by atoms with E-state index in [0.29, 0.717) is 17.2 Å². The Morgan fingerprint density at radius 3 is 2.53 bits per heavy atom. The zero-order valence-electron chi connectivity index (χ0n) is 16.8. The SMILES string of the molecule is CNC(=O)C1CN(C(=O)C2CC(=O)N(c3ccc(OC)cc3)C2)c2ccccc2O1. The molecule has 8 heteroatoms. The molecular formula is C22H23N3O5. The summed E-state index contributed by atoms with van der Waals surface area (Å²) in [5.74, 6) is 0.0675. The normalized spacial score (nSPS) is 20.4. The molecule has 0 bridgehead atoms. The van der Waals surface area contributed by atoms with Crippen molar-refractivity contribution in [1.82, 2.24) is 5.32 Å². The molecule has 3 amide bonds. The van der Waals surface area contributed by atoms with Crippen LogP contribution in [-0.2, 0) is 14.4 Å². The third kappa shape index (κ3) is 3.56. The molecular weight excluding hydrogens is 386 g/mol. The summed E-state index contributed by atoms with van der Waals surface area (Å²) in [5.41, 5.74) is 1.33. The highest BCUT2D eigenvalue weighted by Gasteiger charge is 2.41. The largest absolute Gasteiger partial charge is 0.497 e. The maximum Gasteiger partial charge on any atom is 0.262 e. The molecule has 156 valence electrons. The van der Waals surface area contributed by atoms with Gasteiger partial charge < -0.3 is 24.6 Å². The van der Waals surface area contributed by atoms with Gasteiger partial charge in [0.1, 0.15) is 11.5 Å². The predicted molar refractivity (Wildman–Crippen MR) is 111 cm³/mol. The zero-order valence-corrected chi connectivity index (χ0v) is 16.8. The number of nitrogens with one attached hydrogen (secondary N) is 1. The Bertz CT molecular complexity index is 975. The summed E-state index contributed by atoms with van der Waals surface area (Å²) < 4.78 is 10.9. The molecule has 2 aliphatic rings. The molecule has 8 nitrogen and oxygen atoms in total. The Morgan fingerprint density at radius 1 is 1.10 bits per heavy atom. The summed E-state index contributed by atoms with van der Waals surface area (Å²) >= 11 is 0. The van der Waals surface area contributed by atoms with Crippen LogP contribution in [0.3, 0.4) is 0 Å². The third-order valence-corrected chi connectivity index (χ3v) is 5.44. The minimum absolute atomic E-state index is 0.0999. The van der Waals surface area contributed by atoms with Crippen molar-refractivity contribution in [2.75, 3.05) is 37.0 Å². The molecule has 1 fully saturated rings. The molecule has 0 spiro atoms. The second-order valence-electron chi connectivity index (χ2n) is 7.24. The third-order valence-electron chi connectivity index (χ3n) is 5.44. The van der Waals surface area contributed by atoms with Gasteiger partial charge in [-0.25, -0.2) is 0 Å². The van der Waals surface area contributed by atoms with Crippen molar-refractivity contribution in [3.63, 3.8) is 0 Å². The van der Waals surface area contributed by atoms with Crippen LogP contribution >= 0.6 is 0 Å². The lowest BCUT2D eigenvalue weighted by Gasteiger charge is -2.35. The van der Waals surface area contributed by atoms with Crippen LogP contribution in [0.4, 0.5) is 11.4 Å². The van der Waals surface area contributed by atoms with Crippen LogP contribution in [0.15, 0.2) is 48.5 Å². The first-order valence-electron chi connectivity index (χ1n) is 9.75. The number of likely N-dealkylation sites (N-methyl/N-ethyl adjacent to an activating group) is 1. The second-order valence-corrected chi connectivity index (χ2v) is 7.24. The van der Waals surface area contributed by atoms with E-state index in [-0.39, 0.29) is 37.2 Å². The van der Waals surface area contributed by atoms with Crippen LogP contribution < -0.4 is 24.6 Å². The molecule has 2 heterocycles. The van der Waals surface area contributed by atoms with E-state index in [4.69, 9.17) is 9.47 Å². The molecule has 2 aromatic rings. The summed E-state index contributed by atoms with van der Waals surface area (Å²) in [4.78, 5) is 41.3. The van der Waals surface area contributed by atoms with E-state index in [0.717, 1.165) is 5.69 Å². The van der Waals surface area contributed by atoms with Crippen LogP contribution in [0.2, 0.25) is 0 Å². The Hall–Kier alpha value is -3.55. The Kier molecular flexibility index (Phi) is 5.31. The van der Waals surface area contributed by atoms with E-state index in [1.165, 1.54) is 7.05 Å². The number of benzene rings is 2. The minimum atomic E-state index is -0.802. The average molecular weight is 409 g/mol. The van der Waals surface area contributed by atoms with Gasteiger partial charge in [-0.15, -0.1) is 0 Å².